The first-order chi connectivity index (χ1) is 9.88. The van der Waals surface area contributed by atoms with Crippen LogP contribution in [0.3, 0.4) is 0 Å². The van der Waals surface area contributed by atoms with Crippen molar-refractivity contribution < 1.29 is 4.79 Å². The number of fused-ring (bicyclic) bond motifs is 1. The van der Waals surface area contributed by atoms with Crippen LogP contribution in [0.15, 0.2) is 12.3 Å². The fourth-order valence-electron chi connectivity index (χ4n) is 2.33. The van der Waals surface area contributed by atoms with Crippen LogP contribution in [0.1, 0.15) is 43.8 Å². The molecule has 1 atom stereocenters. The van der Waals surface area contributed by atoms with Gasteiger partial charge in [0.1, 0.15) is 0 Å². The van der Waals surface area contributed by atoms with Crippen LogP contribution in [-0.2, 0) is 4.79 Å². The molecule has 2 rings (SSSR count). The molecule has 0 fully saturated rings. The summed E-state index contributed by atoms with van der Waals surface area (Å²) in [5.74, 6) is -0.00141. The van der Waals surface area contributed by atoms with Gasteiger partial charge in [-0.2, -0.15) is 5.10 Å². The molecule has 0 spiro atoms. The van der Waals surface area contributed by atoms with E-state index in [0.717, 1.165) is 22.6 Å². The first-order valence-electron chi connectivity index (χ1n) is 7.23. The monoisotopic (exact) mass is 289 g/mol. The maximum absolute atomic E-state index is 11.7. The van der Waals surface area contributed by atoms with Gasteiger partial charge in [0.15, 0.2) is 5.65 Å². The van der Waals surface area contributed by atoms with Gasteiger partial charge in [0, 0.05) is 35.6 Å². The van der Waals surface area contributed by atoms with Crippen molar-refractivity contribution in [1.82, 2.24) is 25.2 Å². The molecular weight excluding hydrogens is 266 g/mol. The third kappa shape index (κ3) is 3.58. The Labute approximate surface area is 125 Å². The lowest BCUT2D eigenvalue weighted by Crippen LogP contribution is -2.38. The summed E-state index contributed by atoms with van der Waals surface area (Å²) in [6.07, 6.45) is 1.85. The van der Waals surface area contributed by atoms with Crippen molar-refractivity contribution in [2.75, 3.05) is 6.54 Å². The number of rotatable bonds is 5. The molecule has 0 saturated heterocycles. The molecule has 1 unspecified atom stereocenters. The zero-order chi connectivity index (χ0) is 15.6. The number of carbonyl (C=O) groups excluding carboxylic acids is 1. The predicted octanol–water partition coefficient (Wildman–Crippen LogP) is 1.52. The summed E-state index contributed by atoms with van der Waals surface area (Å²) in [7, 11) is 0. The fourth-order valence-corrected chi connectivity index (χ4v) is 2.33. The van der Waals surface area contributed by atoms with Gasteiger partial charge in [-0.15, -0.1) is 0 Å². The molecular formula is C15H23N5O. The zero-order valence-corrected chi connectivity index (χ0v) is 13.3. The van der Waals surface area contributed by atoms with Crippen LogP contribution in [-0.4, -0.2) is 33.1 Å². The molecule has 2 N–H and O–H groups in total. The van der Waals surface area contributed by atoms with Crippen LogP contribution in [0.4, 0.5) is 0 Å². The van der Waals surface area contributed by atoms with Crippen molar-refractivity contribution in [1.29, 1.82) is 0 Å². The lowest BCUT2D eigenvalue weighted by Gasteiger charge is -2.17. The normalized spacial score (nSPS) is 12.9. The quantitative estimate of drug-likeness (QED) is 0.875. The second-order valence-corrected chi connectivity index (χ2v) is 5.68. The maximum atomic E-state index is 11.7. The van der Waals surface area contributed by atoms with Crippen LogP contribution in [0.2, 0.25) is 0 Å². The van der Waals surface area contributed by atoms with Gasteiger partial charge >= 0.3 is 0 Å². The van der Waals surface area contributed by atoms with E-state index >= 15 is 0 Å². The molecule has 114 valence electrons. The van der Waals surface area contributed by atoms with E-state index in [1.807, 2.05) is 51.4 Å². The summed E-state index contributed by atoms with van der Waals surface area (Å²) < 4.78 is 1.84. The molecule has 6 heteroatoms. The number of nitrogens with one attached hydrogen (secondary N) is 2. The second kappa shape index (κ2) is 6.22. The van der Waals surface area contributed by atoms with Crippen molar-refractivity contribution in [3.8, 4) is 0 Å². The summed E-state index contributed by atoms with van der Waals surface area (Å²) in [5, 5.41) is 10.5. The number of aryl methyl sites for hydroxylation is 2. The van der Waals surface area contributed by atoms with E-state index in [0.29, 0.717) is 0 Å². The van der Waals surface area contributed by atoms with E-state index in [-0.39, 0.29) is 24.5 Å². The standard InChI is InChI=1S/C15H23N5O/c1-9(2)18-15(21)8-16-11(4)13-7-17-14-6-10(3)19-20(14)12(13)5/h6-7,9,11,16H,8H2,1-5H3,(H,18,21). The van der Waals surface area contributed by atoms with Crippen LogP contribution in [0.25, 0.3) is 5.65 Å². The van der Waals surface area contributed by atoms with Crippen molar-refractivity contribution in [3.05, 3.63) is 29.2 Å². The second-order valence-electron chi connectivity index (χ2n) is 5.68. The van der Waals surface area contributed by atoms with E-state index in [9.17, 15) is 4.79 Å². The number of carbonyl (C=O) groups is 1. The van der Waals surface area contributed by atoms with Crippen molar-refractivity contribution >= 4 is 11.6 Å². The Kier molecular flexibility index (Phi) is 4.57. The van der Waals surface area contributed by atoms with Crippen molar-refractivity contribution in [3.63, 3.8) is 0 Å². The van der Waals surface area contributed by atoms with E-state index in [1.54, 1.807) is 0 Å². The van der Waals surface area contributed by atoms with Gasteiger partial charge in [0.05, 0.1) is 12.2 Å². The van der Waals surface area contributed by atoms with Gasteiger partial charge < -0.3 is 10.6 Å². The molecule has 2 heterocycles. The molecule has 6 nitrogen and oxygen atoms in total. The van der Waals surface area contributed by atoms with Gasteiger partial charge in [-0.3, -0.25) is 4.79 Å². The highest BCUT2D eigenvalue weighted by Crippen LogP contribution is 2.17. The summed E-state index contributed by atoms with van der Waals surface area (Å²) in [6.45, 7) is 10.2. The summed E-state index contributed by atoms with van der Waals surface area (Å²) in [6, 6.07) is 2.14. The van der Waals surface area contributed by atoms with E-state index < -0.39 is 0 Å². The number of amides is 1. The Morgan fingerprint density at radius 2 is 2.05 bits per heavy atom. The first kappa shape index (κ1) is 15.4. The molecule has 0 aliphatic carbocycles. The van der Waals surface area contributed by atoms with Crippen LogP contribution in [0.5, 0.6) is 0 Å². The lowest BCUT2D eigenvalue weighted by atomic mass is 10.1. The van der Waals surface area contributed by atoms with E-state index in [2.05, 4.69) is 20.7 Å². The maximum Gasteiger partial charge on any atom is 0.234 e. The lowest BCUT2D eigenvalue weighted by molar-refractivity contribution is -0.120. The van der Waals surface area contributed by atoms with Crippen molar-refractivity contribution in [2.24, 2.45) is 0 Å². The molecule has 1 amide bonds. The molecule has 0 saturated carbocycles. The molecule has 2 aromatic rings. The first-order valence-corrected chi connectivity index (χ1v) is 7.23. The Bertz CT molecular complexity index is 647. The number of nitrogens with zero attached hydrogens (tertiary/aromatic N) is 3. The van der Waals surface area contributed by atoms with Crippen molar-refractivity contribution in [2.45, 2.75) is 46.7 Å². The molecule has 0 aliphatic rings. The topological polar surface area (TPSA) is 71.3 Å². The van der Waals surface area contributed by atoms with Crippen LogP contribution < -0.4 is 10.6 Å². The minimum atomic E-state index is -0.00141. The third-order valence-corrected chi connectivity index (χ3v) is 3.37. The van der Waals surface area contributed by atoms with Gasteiger partial charge in [0.25, 0.3) is 0 Å². The Morgan fingerprint density at radius 3 is 2.71 bits per heavy atom. The minimum absolute atomic E-state index is 0.00141. The SMILES string of the molecule is Cc1cc2ncc(C(C)NCC(=O)NC(C)C)c(C)n2n1. The Morgan fingerprint density at radius 1 is 1.33 bits per heavy atom. The molecule has 0 aliphatic heterocycles. The summed E-state index contributed by atoms with van der Waals surface area (Å²) >= 11 is 0. The summed E-state index contributed by atoms with van der Waals surface area (Å²) in [5.41, 5.74) is 3.87. The van der Waals surface area contributed by atoms with Gasteiger partial charge in [-0.1, -0.05) is 0 Å². The zero-order valence-electron chi connectivity index (χ0n) is 13.3. The van der Waals surface area contributed by atoms with E-state index in [4.69, 9.17) is 0 Å². The molecule has 0 aromatic carbocycles. The van der Waals surface area contributed by atoms with Gasteiger partial charge in [-0.25, -0.2) is 9.50 Å². The highest BCUT2D eigenvalue weighted by molar-refractivity contribution is 5.78. The van der Waals surface area contributed by atoms with Gasteiger partial charge in [-0.05, 0) is 34.6 Å². The molecule has 0 radical (unpaired) electrons. The fraction of sp³-hybridized carbons (Fsp3) is 0.533. The average molecular weight is 289 g/mol. The molecule has 21 heavy (non-hydrogen) atoms. The smallest absolute Gasteiger partial charge is 0.234 e. The highest BCUT2D eigenvalue weighted by atomic mass is 16.1. The summed E-state index contributed by atoms with van der Waals surface area (Å²) in [4.78, 5) is 16.1. The van der Waals surface area contributed by atoms with Crippen LogP contribution >= 0.6 is 0 Å². The number of hydrogen-bond donors (Lipinski definition) is 2. The third-order valence-electron chi connectivity index (χ3n) is 3.37. The van der Waals surface area contributed by atoms with E-state index in [1.165, 1.54) is 0 Å². The largest absolute Gasteiger partial charge is 0.353 e. The van der Waals surface area contributed by atoms with Crippen LogP contribution in [0, 0.1) is 13.8 Å². The number of aromatic nitrogens is 3. The Balaban J connectivity index is 2.10. The Hall–Kier alpha value is -1.95. The minimum Gasteiger partial charge on any atom is -0.353 e. The van der Waals surface area contributed by atoms with Gasteiger partial charge in [0.2, 0.25) is 5.91 Å². The number of hydrogen-bond acceptors (Lipinski definition) is 4. The molecule has 0 bridgehead atoms. The molecule has 2 aromatic heterocycles. The predicted molar refractivity (Wildman–Crippen MR) is 82.2 cm³/mol. The highest BCUT2D eigenvalue weighted by Gasteiger charge is 2.14. The average Bonchev–Trinajstić information content (AvgIpc) is 2.77.